The van der Waals surface area contributed by atoms with Gasteiger partial charge in [-0.05, 0) is 27.3 Å². The summed E-state index contributed by atoms with van der Waals surface area (Å²) in [5, 5.41) is 11.5. The van der Waals surface area contributed by atoms with Crippen molar-refractivity contribution in [2.45, 2.75) is 45.7 Å². The largest absolute Gasteiger partial charge is 0.409 e. The normalized spacial score (nSPS) is 17.5. The van der Waals surface area contributed by atoms with Crippen molar-refractivity contribution in [2.24, 2.45) is 10.9 Å². The molecule has 3 N–H and O–H groups in total. The molecule has 2 atom stereocenters. The van der Waals surface area contributed by atoms with Crippen LogP contribution in [0.5, 0.6) is 0 Å². The van der Waals surface area contributed by atoms with Gasteiger partial charge in [-0.25, -0.2) is 0 Å². The lowest BCUT2D eigenvalue weighted by atomic mass is 10.1. The second-order valence-corrected chi connectivity index (χ2v) is 3.50. The van der Waals surface area contributed by atoms with E-state index in [1.165, 1.54) is 0 Å². The number of amidine groups is 1. The summed E-state index contributed by atoms with van der Waals surface area (Å²) in [7, 11) is 1.99. The molecule has 0 bridgehead atoms. The number of rotatable bonds is 5. The number of oxime groups is 1. The van der Waals surface area contributed by atoms with E-state index in [-0.39, 0.29) is 11.9 Å². The topological polar surface area (TPSA) is 61.8 Å². The summed E-state index contributed by atoms with van der Waals surface area (Å²) in [5.74, 6) is 0.269. The van der Waals surface area contributed by atoms with Gasteiger partial charge >= 0.3 is 0 Å². The first-order valence-corrected chi connectivity index (χ1v) is 4.73. The van der Waals surface area contributed by atoms with Crippen molar-refractivity contribution in [3.8, 4) is 0 Å². The van der Waals surface area contributed by atoms with Gasteiger partial charge in [-0.3, -0.25) is 4.90 Å². The predicted molar refractivity (Wildman–Crippen MR) is 55.0 cm³/mol. The summed E-state index contributed by atoms with van der Waals surface area (Å²) >= 11 is 0. The van der Waals surface area contributed by atoms with Crippen LogP contribution in [0.3, 0.4) is 0 Å². The Bertz CT molecular complexity index is 170. The van der Waals surface area contributed by atoms with Crippen LogP contribution in [0.2, 0.25) is 0 Å². The average molecular weight is 187 g/mol. The van der Waals surface area contributed by atoms with Gasteiger partial charge in [0.2, 0.25) is 0 Å². The van der Waals surface area contributed by atoms with Gasteiger partial charge in [-0.2, -0.15) is 0 Å². The van der Waals surface area contributed by atoms with Crippen molar-refractivity contribution in [1.82, 2.24) is 4.90 Å². The Hall–Kier alpha value is -0.770. The van der Waals surface area contributed by atoms with Crippen LogP contribution in [0.4, 0.5) is 0 Å². The van der Waals surface area contributed by atoms with E-state index in [0.29, 0.717) is 6.04 Å². The highest BCUT2D eigenvalue weighted by Gasteiger charge is 2.18. The van der Waals surface area contributed by atoms with Crippen molar-refractivity contribution in [1.29, 1.82) is 0 Å². The smallest absolute Gasteiger partial charge is 0.156 e. The molecular weight excluding hydrogens is 166 g/mol. The molecule has 0 saturated carbocycles. The molecule has 0 radical (unpaired) electrons. The first kappa shape index (κ1) is 12.2. The molecule has 0 heterocycles. The molecule has 0 aromatic heterocycles. The van der Waals surface area contributed by atoms with Crippen LogP contribution in [0, 0.1) is 0 Å². The Morgan fingerprint density at radius 2 is 2.08 bits per heavy atom. The molecule has 0 aromatic carbocycles. The zero-order valence-electron chi connectivity index (χ0n) is 8.99. The summed E-state index contributed by atoms with van der Waals surface area (Å²) in [6.45, 7) is 6.23. The Balaban J connectivity index is 4.16. The maximum atomic E-state index is 8.50. The van der Waals surface area contributed by atoms with Gasteiger partial charge in [0.1, 0.15) is 0 Å². The number of nitrogens with zero attached hydrogens (tertiary/aromatic N) is 2. The lowest BCUT2D eigenvalue weighted by Crippen LogP contribution is -2.44. The predicted octanol–water partition coefficient (Wildman–Crippen LogP) is 1.24. The van der Waals surface area contributed by atoms with Gasteiger partial charge in [-0.1, -0.05) is 18.5 Å². The lowest BCUT2D eigenvalue weighted by Gasteiger charge is -2.29. The van der Waals surface area contributed by atoms with E-state index in [1.54, 1.807) is 0 Å². The molecule has 4 heteroatoms. The first-order chi connectivity index (χ1) is 6.04. The fourth-order valence-corrected chi connectivity index (χ4v) is 1.30. The van der Waals surface area contributed by atoms with Crippen LogP contribution >= 0.6 is 0 Å². The molecule has 0 spiro atoms. The monoisotopic (exact) mass is 187 g/mol. The van der Waals surface area contributed by atoms with Crippen LogP contribution in [0.25, 0.3) is 0 Å². The molecule has 0 aliphatic carbocycles. The number of nitrogens with two attached hydrogens (primary N) is 1. The second-order valence-electron chi connectivity index (χ2n) is 3.50. The van der Waals surface area contributed by atoms with Crippen LogP contribution in [-0.4, -0.2) is 35.1 Å². The zero-order valence-corrected chi connectivity index (χ0v) is 8.99. The minimum atomic E-state index is -0.00782. The minimum absolute atomic E-state index is 0.00782. The summed E-state index contributed by atoms with van der Waals surface area (Å²) in [4.78, 5) is 2.11. The van der Waals surface area contributed by atoms with Crippen molar-refractivity contribution < 1.29 is 5.21 Å². The lowest BCUT2D eigenvalue weighted by molar-refractivity contribution is 0.219. The molecule has 0 aliphatic heterocycles. The van der Waals surface area contributed by atoms with Gasteiger partial charge < -0.3 is 10.9 Å². The third-order valence-corrected chi connectivity index (χ3v) is 2.56. The van der Waals surface area contributed by atoms with E-state index in [4.69, 9.17) is 10.9 Å². The van der Waals surface area contributed by atoms with Crippen LogP contribution in [0.1, 0.15) is 33.6 Å². The molecule has 0 amide bonds. The fourth-order valence-electron chi connectivity index (χ4n) is 1.30. The summed E-state index contributed by atoms with van der Waals surface area (Å²) in [6.07, 6.45) is 2.27. The van der Waals surface area contributed by atoms with Gasteiger partial charge in [0, 0.05) is 6.04 Å². The number of likely N-dealkylation sites (N-methyl/N-ethyl adjacent to an activating group) is 1. The zero-order chi connectivity index (χ0) is 10.4. The Kier molecular flexibility index (Phi) is 5.46. The van der Waals surface area contributed by atoms with Crippen molar-refractivity contribution in [3.63, 3.8) is 0 Å². The molecular formula is C9H21N3O. The fraction of sp³-hybridized carbons (Fsp3) is 0.889. The SMILES string of the molecule is CCCC(C)N(C)C(C)C(N)=NO. The van der Waals surface area contributed by atoms with E-state index < -0.39 is 0 Å². The molecule has 0 aromatic rings. The molecule has 13 heavy (non-hydrogen) atoms. The summed E-state index contributed by atoms with van der Waals surface area (Å²) in [6, 6.07) is 0.451. The average Bonchev–Trinajstić information content (AvgIpc) is 2.14. The highest BCUT2D eigenvalue weighted by atomic mass is 16.4. The van der Waals surface area contributed by atoms with Crippen LogP contribution in [-0.2, 0) is 0 Å². The maximum Gasteiger partial charge on any atom is 0.156 e. The highest BCUT2D eigenvalue weighted by Crippen LogP contribution is 2.07. The van der Waals surface area contributed by atoms with Gasteiger partial charge in [0.05, 0.1) is 6.04 Å². The van der Waals surface area contributed by atoms with Crippen LogP contribution < -0.4 is 5.73 Å². The molecule has 0 saturated heterocycles. The summed E-state index contributed by atoms with van der Waals surface area (Å²) < 4.78 is 0. The number of hydrogen-bond acceptors (Lipinski definition) is 3. The van der Waals surface area contributed by atoms with E-state index in [2.05, 4.69) is 23.9 Å². The third kappa shape index (κ3) is 3.63. The summed E-state index contributed by atoms with van der Waals surface area (Å²) in [5.41, 5.74) is 5.51. The van der Waals surface area contributed by atoms with Crippen molar-refractivity contribution in [3.05, 3.63) is 0 Å². The quantitative estimate of drug-likeness (QED) is 0.294. The Morgan fingerprint density at radius 3 is 2.46 bits per heavy atom. The minimum Gasteiger partial charge on any atom is -0.409 e. The molecule has 0 rings (SSSR count). The van der Waals surface area contributed by atoms with Gasteiger partial charge in [0.25, 0.3) is 0 Å². The first-order valence-electron chi connectivity index (χ1n) is 4.73. The van der Waals surface area contributed by atoms with Gasteiger partial charge in [-0.15, -0.1) is 0 Å². The number of hydrogen-bond donors (Lipinski definition) is 2. The van der Waals surface area contributed by atoms with E-state index in [0.717, 1.165) is 12.8 Å². The molecule has 0 aliphatic rings. The highest BCUT2D eigenvalue weighted by molar-refractivity contribution is 5.84. The van der Waals surface area contributed by atoms with Crippen molar-refractivity contribution >= 4 is 5.84 Å². The Morgan fingerprint density at radius 1 is 1.54 bits per heavy atom. The van der Waals surface area contributed by atoms with E-state index in [1.807, 2.05) is 14.0 Å². The molecule has 2 unspecified atom stereocenters. The Labute approximate surface area is 80.4 Å². The van der Waals surface area contributed by atoms with Crippen molar-refractivity contribution in [2.75, 3.05) is 7.05 Å². The standard InChI is InChI=1S/C9H21N3O/c1-5-6-7(2)12(4)8(3)9(10)11-13/h7-8,13H,5-6H2,1-4H3,(H2,10,11). The van der Waals surface area contributed by atoms with E-state index >= 15 is 0 Å². The molecule has 4 nitrogen and oxygen atoms in total. The van der Waals surface area contributed by atoms with Gasteiger partial charge in [0.15, 0.2) is 5.84 Å². The molecule has 78 valence electrons. The van der Waals surface area contributed by atoms with Crippen LogP contribution in [0.15, 0.2) is 5.16 Å². The molecule has 0 fully saturated rings. The maximum absolute atomic E-state index is 8.50. The van der Waals surface area contributed by atoms with E-state index in [9.17, 15) is 0 Å². The third-order valence-electron chi connectivity index (χ3n) is 2.56. The second kappa shape index (κ2) is 5.80.